The third-order valence-electron chi connectivity index (χ3n) is 2.83. The molecule has 2 aromatic rings. The average Bonchev–Trinajstić information content (AvgIpc) is 2.98. The molecule has 0 saturated carbocycles. The van der Waals surface area contributed by atoms with Gasteiger partial charge < -0.3 is 20.2 Å². The monoisotopic (exact) mass is 352 g/mol. The van der Waals surface area contributed by atoms with Crippen molar-refractivity contribution in [2.45, 2.75) is 13.0 Å². The van der Waals surface area contributed by atoms with Crippen LogP contribution in [0, 0.1) is 0 Å². The van der Waals surface area contributed by atoms with Crippen LogP contribution in [0.15, 0.2) is 45.5 Å². The predicted molar refractivity (Wildman–Crippen MR) is 83.9 cm³/mol. The molecule has 0 aliphatic carbocycles. The molecule has 0 aliphatic heterocycles. The fourth-order valence-corrected chi connectivity index (χ4v) is 1.98. The molecule has 0 aliphatic rings. The lowest BCUT2D eigenvalue weighted by atomic mass is 10.2. The molecule has 0 unspecified atom stereocenters. The fraction of sp³-hybridized carbons (Fsp3) is 0.267. The molecule has 0 fully saturated rings. The van der Waals surface area contributed by atoms with Gasteiger partial charge in [0, 0.05) is 28.9 Å². The summed E-state index contributed by atoms with van der Waals surface area (Å²) in [6.45, 7) is 1.56. The summed E-state index contributed by atoms with van der Waals surface area (Å²) >= 11 is 3.29. The molecule has 112 valence electrons. The van der Waals surface area contributed by atoms with Crippen LogP contribution in [-0.2, 0) is 11.3 Å². The van der Waals surface area contributed by atoms with E-state index < -0.39 is 0 Å². The van der Waals surface area contributed by atoms with Gasteiger partial charge in [-0.1, -0.05) is 0 Å². The first-order valence-corrected chi connectivity index (χ1v) is 7.39. The van der Waals surface area contributed by atoms with Gasteiger partial charge in [-0.25, -0.2) is 0 Å². The van der Waals surface area contributed by atoms with Crippen LogP contribution in [-0.4, -0.2) is 19.1 Å². The summed E-state index contributed by atoms with van der Waals surface area (Å²) in [6.07, 6.45) is 2.35. The van der Waals surface area contributed by atoms with Crippen molar-refractivity contribution in [1.29, 1.82) is 0 Å². The number of halogens is 1. The third kappa shape index (κ3) is 4.91. The second-order valence-corrected chi connectivity index (χ2v) is 5.33. The Balaban J connectivity index is 1.63. The number of amides is 1. The highest BCUT2D eigenvalue weighted by Gasteiger charge is 2.06. The number of ether oxygens (including phenoxy) is 1. The van der Waals surface area contributed by atoms with Gasteiger partial charge >= 0.3 is 0 Å². The smallest absolute Gasteiger partial charge is 0.251 e. The van der Waals surface area contributed by atoms with E-state index in [-0.39, 0.29) is 5.91 Å². The zero-order chi connectivity index (χ0) is 15.1. The molecule has 1 aromatic carbocycles. The second kappa shape index (κ2) is 7.85. The highest BCUT2D eigenvalue weighted by molar-refractivity contribution is 9.10. The van der Waals surface area contributed by atoms with Gasteiger partial charge in [-0.05, 0) is 52.7 Å². The van der Waals surface area contributed by atoms with Gasteiger partial charge in [-0.2, -0.15) is 0 Å². The van der Waals surface area contributed by atoms with Crippen molar-refractivity contribution in [1.82, 2.24) is 5.32 Å². The third-order valence-corrected chi connectivity index (χ3v) is 3.56. The van der Waals surface area contributed by atoms with Crippen LogP contribution in [0.25, 0.3) is 0 Å². The Labute approximate surface area is 131 Å². The molecular weight excluding hydrogens is 336 g/mol. The summed E-state index contributed by atoms with van der Waals surface area (Å²) in [4.78, 5) is 11.9. The van der Waals surface area contributed by atoms with Crippen LogP contribution in [0.1, 0.15) is 22.5 Å². The Morgan fingerprint density at radius 2 is 2.24 bits per heavy atom. The summed E-state index contributed by atoms with van der Waals surface area (Å²) < 4.78 is 11.4. The Morgan fingerprint density at radius 3 is 2.95 bits per heavy atom. The van der Waals surface area contributed by atoms with Crippen LogP contribution < -0.4 is 11.1 Å². The normalized spacial score (nSPS) is 10.5. The molecule has 0 saturated heterocycles. The molecule has 0 atom stereocenters. The zero-order valence-electron chi connectivity index (χ0n) is 11.5. The minimum atomic E-state index is -0.139. The lowest BCUT2D eigenvalue weighted by molar-refractivity contribution is 0.0917. The number of nitrogens with one attached hydrogen (secondary N) is 1. The number of nitrogens with two attached hydrogens (primary N) is 1. The van der Waals surface area contributed by atoms with E-state index in [2.05, 4.69) is 21.2 Å². The van der Waals surface area contributed by atoms with Crippen molar-refractivity contribution >= 4 is 27.5 Å². The standard InChI is InChI=1S/C15H17BrN2O3/c16-13-5-4-11(9-14(13)17)15(19)18-6-2-7-20-10-12-3-1-8-21-12/h1,3-5,8-9H,2,6-7,10,17H2,(H,18,19). The van der Waals surface area contributed by atoms with E-state index in [0.717, 1.165) is 16.7 Å². The van der Waals surface area contributed by atoms with Gasteiger partial charge in [0.05, 0.1) is 6.26 Å². The second-order valence-electron chi connectivity index (χ2n) is 4.48. The van der Waals surface area contributed by atoms with E-state index >= 15 is 0 Å². The van der Waals surface area contributed by atoms with E-state index in [4.69, 9.17) is 14.9 Å². The van der Waals surface area contributed by atoms with Crippen molar-refractivity contribution in [3.8, 4) is 0 Å². The highest BCUT2D eigenvalue weighted by Crippen LogP contribution is 2.20. The van der Waals surface area contributed by atoms with E-state index in [1.807, 2.05) is 12.1 Å². The van der Waals surface area contributed by atoms with Crippen LogP contribution >= 0.6 is 15.9 Å². The largest absolute Gasteiger partial charge is 0.467 e. The van der Waals surface area contributed by atoms with E-state index in [0.29, 0.717) is 31.0 Å². The highest BCUT2D eigenvalue weighted by atomic mass is 79.9. The van der Waals surface area contributed by atoms with Gasteiger partial charge in [0.1, 0.15) is 12.4 Å². The van der Waals surface area contributed by atoms with Crippen molar-refractivity contribution in [3.63, 3.8) is 0 Å². The minimum Gasteiger partial charge on any atom is -0.467 e. The maximum absolute atomic E-state index is 11.9. The van der Waals surface area contributed by atoms with Crippen molar-refractivity contribution in [3.05, 3.63) is 52.4 Å². The van der Waals surface area contributed by atoms with Crippen LogP contribution in [0.5, 0.6) is 0 Å². The molecule has 0 radical (unpaired) electrons. The average molecular weight is 353 g/mol. The molecule has 5 nitrogen and oxygen atoms in total. The Bertz CT molecular complexity index is 585. The first kappa shape index (κ1) is 15.6. The van der Waals surface area contributed by atoms with Gasteiger partial charge in [0.25, 0.3) is 5.91 Å². The predicted octanol–water partition coefficient (Wildman–Crippen LogP) is 2.96. The number of anilines is 1. The SMILES string of the molecule is Nc1cc(C(=O)NCCCOCc2ccco2)ccc1Br. The number of furan rings is 1. The number of benzene rings is 1. The van der Waals surface area contributed by atoms with E-state index in [9.17, 15) is 4.79 Å². The van der Waals surface area contributed by atoms with Crippen molar-refractivity contribution in [2.75, 3.05) is 18.9 Å². The first-order chi connectivity index (χ1) is 10.2. The summed E-state index contributed by atoms with van der Waals surface area (Å²) in [5, 5.41) is 2.83. The van der Waals surface area contributed by atoms with Gasteiger partial charge in [-0.15, -0.1) is 0 Å². The maximum Gasteiger partial charge on any atom is 0.251 e. The van der Waals surface area contributed by atoms with Gasteiger partial charge in [0.15, 0.2) is 0 Å². The summed E-state index contributed by atoms with van der Waals surface area (Å²) in [6, 6.07) is 8.81. The van der Waals surface area contributed by atoms with E-state index in [1.165, 1.54) is 0 Å². The Morgan fingerprint density at radius 1 is 1.38 bits per heavy atom. The number of nitrogen functional groups attached to an aromatic ring is 1. The minimum absolute atomic E-state index is 0.139. The molecule has 1 heterocycles. The van der Waals surface area contributed by atoms with Crippen LogP contribution in [0.3, 0.4) is 0 Å². The summed E-state index contributed by atoms with van der Waals surface area (Å²) in [7, 11) is 0. The fourth-order valence-electron chi connectivity index (χ4n) is 1.73. The van der Waals surface area contributed by atoms with Crippen LogP contribution in [0.2, 0.25) is 0 Å². The lowest BCUT2D eigenvalue weighted by Crippen LogP contribution is -2.25. The molecule has 2 rings (SSSR count). The molecule has 1 amide bonds. The lowest BCUT2D eigenvalue weighted by Gasteiger charge is -2.07. The number of rotatable bonds is 7. The molecular formula is C15H17BrN2O3. The van der Waals surface area contributed by atoms with Crippen LogP contribution in [0.4, 0.5) is 5.69 Å². The topological polar surface area (TPSA) is 77.5 Å². The molecule has 3 N–H and O–H groups in total. The number of hydrogen-bond donors (Lipinski definition) is 2. The quantitative estimate of drug-likeness (QED) is 0.593. The molecule has 21 heavy (non-hydrogen) atoms. The summed E-state index contributed by atoms with van der Waals surface area (Å²) in [5.41, 5.74) is 6.84. The number of hydrogen-bond acceptors (Lipinski definition) is 4. The molecule has 1 aromatic heterocycles. The molecule has 0 bridgehead atoms. The summed E-state index contributed by atoms with van der Waals surface area (Å²) in [5.74, 6) is 0.657. The molecule has 6 heteroatoms. The Hall–Kier alpha value is -1.79. The Kier molecular flexibility index (Phi) is 5.83. The van der Waals surface area contributed by atoms with Gasteiger partial charge in [0.2, 0.25) is 0 Å². The van der Waals surface area contributed by atoms with E-state index in [1.54, 1.807) is 24.5 Å². The molecule has 0 spiro atoms. The number of carbonyl (C=O) groups is 1. The van der Waals surface area contributed by atoms with Crippen molar-refractivity contribution in [2.24, 2.45) is 0 Å². The zero-order valence-corrected chi connectivity index (χ0v) is 13.1. The number of carbonyl (C=O) groups excluding carboxylic acids is 1. The maximum atomic E-state index is 11.9. The first-order valence-electron chi connectivity index (χ1n) is 6.60. The van der Waals surface area contributed by atoms with Crippen molar-refractivity contribution < 1.29 is 13.9 Å². The van der Waals surface area contributed by atoms with Gasteiger partial charge in [-0.3, -0.25) is 4.79 Å².